The van der Waals surface area contributed by atoms with Crippen molar-refractivity contribution in [3.05, 3.63) is 29.8 Å². The maximum atomic E-state index is 5.69. The van der Waals surface area contributed by atoms with Crippen molar-refractivity contribution in [1.29, 1.82) is 0 Å². The minimum absolute atomic E-state index is 0.167. The molecular weight excluding hydrogens is 248 g/mol. The van der Waals surface area contributed by atoms with Gasteiger partial charge in [-0.3, -0.25) is 0 Å². The normalized spacial score (nSPS) is 12.2. The van der Waals surface area contributed by atoms with E-state index < -0.39 is 0 Å². The third-order valence-electron chi connectivity index (χ3n) is 3.60. The van der Waals surface area contributed by atoms with Crippen molar-refractivity contribution in [2.24, 2.45) is 5.92 Å². The Morgan fingerprint density at radius 3 is 2.25 bits per heavy atom. The molecular formula is C17H30N2O. The van der Waals surface area contributed by atoms with Crippen LogP contribution in [0.15, 0.2) is 24.3 Å². The molecule has 0 saturated carbocycles. The quantitative estimate of drug-likeness (QED) is 0.790. The van der Waals surface area contributed by atoms with Gasteiger partial charge in [0.2, 0.25) is 0 Å². The van der Waals surface area contributed by atoms with Gasteiger partial charge in [-0.1, -0.05) is 26.0 Å². The molecule has 0 heterocycles. The minimum Gasteiger partial charge on any atom is -0.493 e. The van der Waals surface area contributed by atoms with Crippen LogP contribution in [0.3, 0.4) is 0 Å². The van der Waals surface area contributed by atoms with Crippen LogP contribution >= 0.6 is 0 Å². The van der Waals surface area contributed by atoms with E-state index in [4.69, 9.17) is 4.74 Å². The predicted molar refractivity (Wildman–Crippen MR) is 86.2 cm³/mol. The Bertz CT molecular complexity index is 382. The molecule has 0 aliphatic carbocycles. The van der Waals surface area contributed by atoms with Gasteiger partial charge >= 0.3 is 0 Å². The maximum Gasteiger partial charge on any atom is 0.119 e. The highest BCUT2D eigenvalue weighted by atomic mass is 16.5. The highest BCUT2D eigenvalue weighted by molar-refractivity contribution is 5.27. The molecule has 0 atom stereocenters. The van der Waals surface area contributed by atoms with Crippen LogP contribution in [0.4, 0.5) is 0 Å². The highest BCUT2D eigenvalue weighted by Gasteiger charge is 2.19. The zero-order valence-corrected chi connectivity index (χ0v) is 13.9. The fourth-order valence-corrected chi connectivity index (χ4v) is 1.64. The van der Waals surface area contributed by atoms with Crippen LogP contribution in [0.2, 0.25) is 0 Å². The van der Waals surface area contributed by atoms with Gasteiger partial charge in [-0.2, -0.15) is 0 Å². The number of hydrogen-bond donors (Lipinski definition) is 1. The summed E-state index contributed by atoms with van der Waals surface area (Å²) < 4.78 is 5.69. The Hall–Kier alpha value is -1.06. The summed E-state index contributed by atoms with van der Waals surface area (Å²) in [6, 6.07) is 8.36. The van der Waals surface area contributed by atoms with Gasteiger partial charge in [-0.25, -0.2) is 0 Å². The van der Waals surface area contributed by atoms with Gasteiger partial charge < -0.3 is 15.0 Å². The molecule has 0 bridgehead atoms. The Balaban J connectivity index is 2.38. The summed E-state index contributed by atoms with van der Waals surface area (Å²) in [6.45, 7) is 11.4. The molecule has 0 aliphatic rings. The molecule has 0 aliphatic heterocycles. The first-order chi connectivity index (χ1) is 9.31. The van der Waals surface area contributed by atoms with E-state index in [1.807, 2.05) is 0 Å². The standard InChI is InChI=1S/C17H30N2O/c1-14(2)12-20-16-9-7-15(8-10-16)11-18-13-17(3,4)19(5)6/h7-10,14,18H,11-13H2,1-6H3. The van der Waals surface area contributed by atoms with Gasteiger partial charge in [0, 0.05) is 18.6 Å². The first kappa shape index (κ1) is 17.0. The zero-order chi connectivity index (χ0) is 15.2. The number of nitrogens with one attached hydrogen (secondary N) is 1. The van der Waals surface area contributed by atoms with E-state index in [2.05, 4.69) is 76.3 Å². The molecule has 0 unspecified atom stereocenters. The Morgan fingerprint density at radius 1 is 1.15 bits per heavy atom. The lowest BCUT2D eigenvalue weighted by Crippen LogP contribution is -2.46. The maximum absolute atomic E-state index is 5.69. The van der Waals surface area contributed by atoms with Crippen LogP contribution < -0.4 is 10.1 Å². The summed E-state index contributed by atoms with van der Waals surface area (Å²) in [5.74, 6) is 1.51. The fourth-order valence-electron chi connectivity index (χ4n) is 1.64. The van der Waals surface area contributed by atoms with Crippen molar-refractivity contribution >= 4 is 0 Å². The molecule has 3 heteroatoms. The van der Waals surface area contributed by atoms with E-state index >= 15 is 0 Å². The lowest BCUT2D eigenvalue weighted by atomic mass is 10.0. The molecule has 114 valence electrons. The predicted octanol–water partition coefficient (Wildman–Crippen LogP) is 3.15. The number of likely N-dealkylation sites (N-methyl/N-ethyl adjacent to an activating group) is 1. The fraction of sp³-hybridized carbons (Fsp3) is 0.647. The molecule has 0 saturated heterocycles. The molecule has 1 aromatic rings. The van der Waals surface area contributed by atoms with Crippen LogP contribution in [-0.4, -0.2) is 37.7 Å². The van der Waals surface area contributed by atoms with Gasteiger partial charge in [-0.05, 0) is 51.6 Å². The summed E-state index contributed by atoms with van der Waals surface area (Å²) in [6.07, 6.45) is 0. The monoisotopic (exact) mass is 278 g/mol. The summed E-state index contributed by atoms with van der Waals surface area (Å²) in [5, 5.41) is 3.51. The lowest BCUT2D eigenvalue weighted by molar-refractivity contribution is 0.190. The second-order valence-electron chi connectivity index (χ2n) is 6.66. The molecule has 0 amide bonds. The van der Waals surface area contributed by atoms with Crippen LogP contribution in [0, 0.1) is 5.92 Å². The molecule has 20 heavy (non-hydrogen) atoms. The largest absolute Gasteiger partial charge is 0.493 e. The molecule has 1 rings (SSSR count). The van der Waals surface area contributed by atoms with Crippen LogP contribution in [-0.2, 0) is 6.54 Å². The van der Waals surface area contributed by atoms with Crippen LogP contribution in [0.5, 0.6) is 5.75 Å². The minimum atomic E-state index is 0.167. The van der Waals surface area contributed by atoms with Crippen molar-refractivity contribution in [3.8, 4) is 5.75 Å². The second kappa shape index (κ2) is 7.65. The third kappa shape index (κ3) is 5.93. The van der Waals surface area contributed by atoms with Gasteiger partial charge in [-0.15, -0.1) is 0 Å². The van der Waals surface area contributed by atoms with Gasteiger partial charge in [0.1, 0.15) is 5.75 Å². The van der Waals surface area contributed by atoms with Crippen molar-refractivity contribution in [2.45, 2.75) is 39.8 Å². The van der Waals surface area contributed by atoms with Crippen LogP contribution in [0.25, 0.3) is 0 Å². The average molecular weight is 278 g/mol. The SMILES string of the molecule is CC(C)COc1ccc(CNCC(C)(C)N(C)C)cc1. The Labute approximate surface area is 124 Å². The topological polar surface area (TPSA) is 24.5 Å². The average Bonchev–Trinajstić information content (AvgIpc) is 2.37. The molecule has 1 N–H and O–H groups in total. The number of ether oxygens (including phenoxy) is 1. The van der Waals surface area contributed by atoms with E-state index in [9.17, 15) is 0 Å². The summed E-state index contributed by atoms with van der Waals surface area (Å²) in [5.41, 5.74) is 1.46. The van der Waals surface area contributed by atoms with Crippen molar-refractivity contribution in [3.63, 3.8) is 0 Å². The van der Waals surface area contributed by atoms with Gasteiger partial charge in [0.15, 0.2) is 0 Å². The molecule has 0 fully saturated rings. The van der Waals surface area contributed by atoms with Gasteiger partial charge in [0.25, 0.3) is 0 Å². The smallest absolute Gasteiger partial charge is 0.119 e. The Kier molecular flexibility index (Phi) is 6.50. The van der Waals surface area contributed by atoms with E-state index in [-0.39, 0.29) is 5.54 Å². The number of benzene rings is 1. The van der Waals surface area contributed by atoms with E-state index in [1.54, 1.807) is 0 Å². The number of rotatable bonds is 8. The van der Waals surface area contributed by atoms with Gasteiger partial charge in [0.05, 0.1) is 6.61 Å². The third-order valence-corrected chi connectivity index (χ3v) is 3.60. The first-order valence-corrected chi connectivity index (χ1v) is 7.41. The highest BCUT2D eigenvalue weighted by Crippen LogP contribution is 2.14. The lowest BCUT2D eigenvalue weighted by Gasteiger charge is -2.32. The van der Waals surface area contributed by atoms with E-state index in [0.29, 0.717) is 5.92 Å². The summed E-state index contributed by atoms with van der Waals surface area (Å²) in [4.78, 5) is 2.24. The van der Waals surface area contributed by atoms with Crippen molar-refractivity contribution < 1.29 is 4.74 Å². The molecule has 3 nitrogen and oxygen atoms in total. The number of hydrogen-bond acceptors (Lipinski definition) is 3. The second-order valence-corrected chi connectivity index (χ2v) is 6.66. The van der Waals surface area contributed by atoms with E-state index in [1.165, 1.54) is 5.56 Å². The Morgan fingerprint density at radius 2 is 1.75 bits per heavy atom. The molecule has 0 spiro atoms. The van der Waals surface area contributed by atoms with Crippen molar-refractivity contribution in [1.82, 2.24) is 10.2 Å². The summed E-state index contributed by atoms with van der Waals surface area (Å²) >= 11 is 0. The molecule has 0 radical (unpaired) electrons. The molecule has 0 aromatic heterocycles. The van der Waals surface area contributed by atoms with E-state index in [0.717, 1.165) is 25.4 Å². The number of nitrogens with zero attached hydrogens (tertiary/aromatic N) is 1. The van der Waals surface area contributed by atoms with Crippen LogP contribution in [0.1, 0.15) is 33.3 Å². The summed E-state index contributed by atoms with van der Waals surface area (Å²) in [7, 11) is 4.23. The zero-order valence-electron chi connectivity index (χ0n) is 13.9. The van der Waals surface area contributed by atoms with Crippen molar-refractivity contribution in [2.75, 3.05) is 27.2 Å². The first-order valence-electron chi connectivity index (χ1n) is 7.41. The molecule has 1 aromatic carbocycles.